The van der Waals surface area contributed by atoms with Crippen LogP contribution >= 0.6 is 0 Å². The molecule has 1 aromatic heterocycles. The average molecular weight is 281 g/mol. The van der Waals surface area contributed by atoms with Gasteiger partial charge in [-0.2, -0.15) is 5.26 Å². The van der Waals surface area contributed by atoms with Crippen molar-refractivity contribution >= 4 is 11.6 Å². The van der Waals surface area contributed by atoms with E-state index in [0.717, 1.165) is 11.3 Å². The van der Waals surface area contributed by atoms with E-state index in [0.29, 0.717) is 17.0 Å². The molecule has 2 aromatic rings. The Morgan fingerprint density at radius 3 is 2.71 bits per heavy atom. The van der Waals surface area contributed by atoms with Crippen molar-refractivity contribution in [3.8, 4) is 17.7 Å². The van der Waals surface area contributed by atoms with E-state index >= 15 is 0 Å². The summed E-state index contributed by atoms with van der Waals surface area (Å²) in [5.74, 6) is 0.495. The highest BCUT2D eigenvalue weighted by atomic mass is 16.5. The van der Waals surface area contributed by atoms with Crippen molar-refractivity contribution in [1.29, 1.82) is 5.26 Å². The van der Waals surface area contributed by atoms with Gasteiger partial charge in [0.2, 0.25) is 11.8 Å². The Labute approximate surface area is 123 Å². The zero-order chi connectivity index (χ0) is 15.4. The first-order valence-electron chi connectivity index (χ1n) is 6.44. The largest absolute Gasteiger partial charge is 0.435 e. The number of amides is 1. The van der Waals surface area contributed by atoms with Gasteiger partial charge < -0.3 is 10.1 Å². The zero-order valence-electron chi connectivity index (χ0n) is 12.1. The summed E-state index contributed by atoms with van der Waals surface area (Å²) < 4.78 is 5.75. The highest BCUT2D eigenvalue weighted by molar-refractivity contribution is 5.90. The topological polar surface area (TPSA) is 75.0 Å². The summed E-state index contributed by atoms with van der Waals surface area (Å²) in [5.41, 5.74) is 2.49. The number of nitriles is 1. The molecule has 0 aliphatic rings. The molecule has 1 heterocycles. The van der Waals surface area contributed by atoms with Crippen LogP contribution in [0.5, 0.6) is 11.6 Å². The Morgan fingerprint density at radius 2 is 2.05 bits per heavy atom. The van der Waals surface area contributed by atoms with Crippen LogP contribution in [0.2, 0.25) is 0 Å². The minimum absolute atomic E-state index is 0.195. The number of rotatable bonds is 3. The molecule has 106 valence electrons. The first-order chi connectivity index (χ1) is 10.0. The number of para-hydroxylation sites is 2. The molecule has 0 saturated carbocycles. The second kappa shape index (κ2) is 6.06. The number of ether oxygens (including phenoxy) is 1. The van der Waals surface area contributed by atoms with E-state index in [9.17, 15) is 10.1 Å². The number of aromatic nitrogens is 1. The van der Waals surface area contributed by atoms with Gasteiger partial charge >= 0.3 is 0 Å². The van der Waals surface area contributed by atoms with Gasteiger partial charge in [0.05, 0.1) is 5.69 Å². The van der Waals surface area contributed by atoms with Gasteiger partial charge in [-0.3, -0.25) is 4.79 Å². The highest BCUT2D eigenvalue weighted by Crippen LogP contribution is 2.31. The van der Waals surface area contributed by atoms with Crippen molar-refractivity contribution in [2.75, 3.05) is 5.32 Å². The smallest absolute Gasteiger partial charge is 0.237 e. The monoisotopic (exact) mass is 281 g/mol. The van der Waals surface area contributed by atoms with Crippen LogP contribution in [0.3, 0.4) is 0 Å². The number of nitrogens with zero attached hydrogens (tertiary/aromatic N) is 2. The van der Waals surface area contributed by atoms with Crippen LogP contribution in [-0.2, 0) is 4.79 Å². The third-order valence-corrected chi connectivity index (χ3v) is 2.83. The molecule has 5 nitrogen and oxygen atoms in total. The number of hydrogen-bond acceptors (Lipinski definition) is 4. The molecule has 0 unspecified atom stereocenters. The molecule has 1 aromatic carbocycles. The summed E-state index contributed by atoms with van der Waals surface area (Å²) in [7, 11) is 0. The molecule has 0 aliphatic heterocycles. The number of nitrogens with one attached hydrogen (secondary N) is 1. The lowest BCUT2D eigenvalue weighted by Gasteiger charge is -2.12. The standard InChI is InChI=1S/C16H15N3O2/c1-10-8-11(2)18-16(13(10)9-17)21-15-7-5-4-6-14(15)19-12(3)20/h4-8H,1-3H3,(H,19,20). The number of pyridine rings is 1. The van der Waals surface area contributed by atoms with Crippen LogP contribution in [-0.4, -0.2) is 10.9 Å². The quantitative estimate of drug-likeness (QED) is 0.936. The van der Waals surface area contributed by atoms with Crippen molar-refractivity contribution in [3.63, 3.8) is 0 Å². The fourth-order valence-electron chi connectivity index (χ4n) is 1.97. The first kappa shape index (κ1) is 14.5. The molecule has 0 atom stereocenters. The van der Waals surface area contributed by atoms with E-state index in [1.807, 2.05) is 19.9 Å². The van der Waals surface area contributed by atoms with E-state index < -0.39 is 0 Å². The predicted octanol–water partition coefficient (Wildman–Crippen LogP) is 3.32. The Kier molecular flexibility index (Phi) is 4.19. The number of benzene rings is 1. The molecule has 0 bridgehead atoms. The third-order valence-electron chi connectivity index (χ3n) is 2.83. The molecule has 1 amide bonds. The Morgan fingerprint density at radius 1 is 1.33 bits per heavy atom. The molecule has 0 fully saturated rings. The average Bonchev–Trinajstić information content (AvgIpc) is 2.40. The Bertz CT molecular complexity index is 733. The van der Waals surface area contributed by atoms with Crippen molar-refractivity contribution in [1.82, 2.24) is 4.98 Å². The SMILES string of the molecule is CC(=O)Nc1ccccc1Oc1nc(C)cc(C)c1C#N. The maximum absolute atomic E-state index is 11.2. The minimum Gasteiger partial charge on any atom is -0.435 e. The van der Waals surface area contributed by atoms with E-state index in [2.05, 4.69) is 16.4 Å². The third kappa shape index (κ3) is 3.37. The summed E-state index contributed by atoms with van der Waals surface area (Å²) in [6.45, 7) is 5.09. The molecule has 0 saturated heterocycles. The van der Waals surface area contributed by atoms with E-state index in [1.165, 1.54) is 6.92 Å². The number of aryl methyl sites for hydroxylation is 2. The fourth-order valence-corrected chi connectivity index (χ4v) is 1.97. The van der Waals surface area contributed by atoms with Crippen LogP contribution in [0.1, 0.15) is 23.7 Å². The second-order valence-electron chi connectivity index (χ2n) is 4.65. The highest BCUT2D eigenvalue weighted by Gasteiger charge is 2.13. The van der Waals surface area contributed by atoms with Gasteiger partial charge in [-0.25, -0.2) is 4.98 Å². The normalized spacial score (nSPS) is 9.81. The lowest BCUT2D eigenvalue weighted by Crippen LogP contribution is -2.07. The van der Waals surface area contributed by atoms with Crippen molar-refractivity contribution < 1.29 is 9.53 Å². The number of carbonyl (C=O) groups excluding carboxylic acids is 1. The van der Waals surface area contributed by atoms with Crippen molar-refractivity contribution in [2.45, 2.75) is 20.8 Å². The lowest BCUT2D eigenvalue weighted by molar-refractivity contribution is -0.114. The maximum atomic E-state index is 11.2. The van der Waals surface area contributed by atoms with Crippen LogP contribution in [0.4, 0.5) is 5.69 Å². The maximum Gasteiger partial charge on any atom is 0.237 e. The van der Waals surface area contributed by atoms with Gasteiger partial charge in [0.25, 0.3) is 0 Å². The van der Waals surface area contributed by atoms with Gasteiger partial charge in [-0.15, -0.1) is 0 Å². The van der Waals surface area contributed by atoms with E-state index in [4.69, 9.17) is 4.74 Å². The second-order valence-corrected chi connectivity index (χ2v) is 4.65. The number of anilines is 1. The van der Waals surface area contributed by atoms with Crippen LogP contribution < -0.4 is 10.1 Å². The molecule has 0 aliphatic carbocycles. The lowest BCUT2D eigenvalue weighted by atomic mass is 10.1. The van der Waals surface area contributed by atoms with Crippen molar-refractivity contribution in [2.24, 2.45) is 0 Å². The van der Waals surface area contributed by atoms with Gasteiger partial charge in [0, 0.05) is 12.6 Å². The number of carbonyl (C=O) groups is 1. The summed E-state index contributed by atoms with van der Waals surface area (Å²) in [6.07, 6.45) is 0. The van der Waals surface area contributed by atoms with Gasteiger partial charge in [-0.05, 0) is 37.6 Å². The molecule has 5 heteroatoms. The molecular weight excluding hydrogens is 266 g/mol. The Hall–Kier alpha value is -2.87. The molecule has 2 rings (SSSR count). The van der Waals surface area contributed by atoms with Gasteiger partial charge in [0.1, 0.15) is 11.6 Å². The summed E-state index contributed by atoms with van der Waals surface area (Å²) in [4.78, 5) is 15.5. The van der Waals surface area contributed by atoms with Gasteiger partial charge in [0.15, 0.2) is 5.75 Å². The summed E-state index contributed by atoms with van der Waals surface area (Å²) in [6, 6.07) is 10.9. The Balaban J connectivity index is 2.44. The van der Waals surface area contributed by atoms with E-state index in [1.54, 1.807) is 24.3 Å². The van der Waals surface area contributed by atoms with Crippen LogP contribution in [0.25, 0.3) is 0 Å². The van der Waals surface area contributed by atoms with Crippen molar-refractivity contribution in [3.05, 3.63) is 47.2 Å². The van der Waals surface area contributed by atoms with E-state index in [-0.39, 0.29) is 11.8 Å². The molecule has 0 spiro atoms. The van der Waals surface area contributed by atoms with Crippen LogP contribution in [0, 0.1) is 25.2 Å². The molecular formula is C16H15N3O2. The summed E-state index contributed by atoms with van der Waals surface area (Å²) in [5, 5.41) is 11.9. The zero-order valence-corrected chi connectivity index (χ0v) is 12.1. The molecule has 21 heavy (non-hydrogen) atoms. The summed E-state index contributed by atoms with van der Waals surface area (Å²) >= 11 is 0. The van der Waals surface area contributed by atoms with Gasteiger partial charge in [-0.1, -0.05) is 12.1 Å². The first-order valence-corrected chi connectivity index (χ1v) is 6.44. The molecule has 1 N–H and O–H groups in total. The minimum atomic E-state index is -0.195. The predicted molar refractivity (Wildman–Crippen MR) is 79.2 cm³/mol. The molecule has 0 radical (unpaired) electrons. The fraction of sp³-hybridized carbons (Fsp3) is 0.188. The number of hydrogen-bond donors (Lipinski definition) is 1. The van der Waals surface area contributed by atoms with Crippen LogP contribution in [0.15, 0.2) is 30.3 Å².